The van der Waals surface area contributed by atoms with E-state index < -0.39 is 0 Å². The molecule has 1 aromatic carbocycles. The van der Waals surface area contributed by atoms with Crippen molar-refractivity contribution in [3.05, 3.63) is 47.0 Å². The van der Waals surface area contributed by atoms with Crippen molar-refractivity contribution in [1.29, 1.82) is 0 Å². The third-order valence-electron chi connectivity index (χ3n) is 4.37. The fraction of sp³-hybridized carbons (Fsp3) is 0.474. The predicted octanol–water partition coefficient (Wildman–Crippen LogP) is 2.99. The number of nitrogens with zero attached hydrogens (tertiary/aromatic N) is 3. The van der Waals surface area contributed by atoms with E-state index in [0.29, 0.717) is 37.8 Å². The Kier molecular flexibility index (Phi) is 5.18. The van der Waals surface area contributed by atoms with E-state index in [2.05, 4.69) is 18.9 Å². The molecular weight excluding hydrogens is 321 g/mol. The van der Waals surface area contributed by atoms with Gasteiger partial charge in [0.1, 0.15) is 5.82 Å². The molecule has 2 heterocycles. The number of hydrogen-bond donors (Lipinski definition) is 0. The van der Waals surface area contributed by atoms with Gasteiger partial charge in [0.05, 0.1) is 35.9 Å². The molecule has 1 aromatic heterocycles. The van der Waals surface area contributed by atoms with Crippen LogP contribution in [0.5, 0.6) is 0 Å². The minimum absolute atomic E-state index is 0.00446. The summed E-state index contributed by atoms with van der Waals surface area (Å²) in [5, 5.41) is 4.68. The van der Waals surface area contributed by atoms with Crippen molar-refractivity contribution < 1.29 is 13.9 Å². The molecule has 134 valence electrons. The summed E-state index contributed by atoms with van der Waals surface area (Å²) in [4.78, 5) is 14.9. The van der Waals surface area contributed by atoms with Crippen LogP contribution in [0, 0.1) is 18.7 Å². The average molecular weight is 345 g/mol. The van der Waals surface area contributed by atoms with Crippen LogP contribution in [0.3, 0.4) is 0 Å². The summed E-state index contributed by atoms with van der Waals surface area (Å²) in [7, 11) is 0. The lowest BCUT2D eigenvalue weighted by molar-refractivity contribution is 0.0301. The van der Waals surface area contributed by atoms with Crippen LogP contribution >= 0.6 is 0 Å². The molecule has 1 amide bonds. The van der Waals surface area contributed by atoms with Crippen LogP contribution in [0.4, 0.5) is 4.39 Å². The van der Waals surface area contributed by atoms with E-state index >= 15 is 0 Å². The summed E-state index contributed by atoms with van der Waals surface area (Å²) in [5.41, 5.74) is 3.01. The number of aromatic nitrogens is 2. The molecule has 1 saturated heterocycles. The molecule has 0 atom stereocenters. The standard InChI is InChI=1S/C19H24FN3O2/c1-13(2)12-17-18(19(24)22-8-10-25-11-9-22)14(3)23(21-17)16-6-4-15(20)5-7-16/h4-7,13H,8-12H2,1-3H3. The zero-order valence-electron chi connectivity index (χ0n) is 15.0. The van der Waals surface area contributed by atoms with Crippen molar-refractivity contribution in [1.82, 2.24) is 14.7 Å². The molecule has 1 aliphatic rings. The van der Waals surface area contributed by atoms with E-state index in [1.807, 2.05) is 11.8 Å². The highest BCUT2D eigenvalue weighted by atomic mass is 19.1. The van der Waals surface area contributed by atoms with Crippen molar-refractivity contribution in [2.24, 2.45) is 5.92 Å². The number of halogens is 1. The van der Waals surface area contributed by atoms with Crippen LogP contribution in [0.15, 0.2) is 24.3 Å². The lowest BCUT2D eigenvalue weighted by Gasteiger charge is -2.27. The lowest BCUT2D eigenvalue weighted by atomic mass is 10.0. The first-order valence-electron chi connectivity index (χ1n) is 8.69. The molecule has 1 fully saturated rings. The molecule has 0 unspecified atom stereocenters. The second kappa shape index (κ2) is 7.35. The molecule has 0 aliphatic carbocycles. The summed E-state index contributed by atoms with van der Waals surface area (Å²) in [5.74, 6) is 0.0950. The van der Waals surface area contributed by atoms with Gasteiger partial charge < -0.3 is 9.64 Å². The minimum Gasteiger partial charge on any atom is -0.378 e. The zero-order chi connectivity index (χ0) is 18.0. The van der Waals surface area contributed by atoms with Crippen LogP contribution in [0.2, 0.25) is 0 Å². The first-order chi connectivity index (χ1) is 12.0. The number of benzene rings is 1. The predicted molar refractivity (Wildman–Crippen MR) is 93.5 cm³/mol. The van der Waals surface area contributed by atoms with Gasteiger partial charge in [0, 0.05) is 13.1 Å². The van der Waals surface area contributed by atoms with Gasteiger partial charge >= 0.3 is 0 Å². The molecule has 3 rings (SSSR count). The second-order valence-corrected chi connectivity index (χ2v) is 6.80. The van der Waals surface area contributed by atoms with E-state index in [1.54, 1.807) is 16.8 Å². The Bertz CT molecular complexity index is 747. The van der Waals surface area contributed by atoms with Crippen LogP contribution in [-0.2, 0) is 11.2 Å². The van der Waals surface area contributed by atoms with Crippen LogP contribution < -0.4 is 0 Å². The molecule has 0 radical (unpaired) electrons. The smallest absolute Gasteiger partial charge is 0.257 e. The molecule has 0 bridgehead atoms. The van der Waals surface area contributed by atoms with Gasteiger partial charge in [-0.2, -0.15) is 5.10 Å². The number of morpholine rings is 1. The fourth-order valence-electron chi connectivity index (χ4n) is 3.13. The van der Waals surface area contributed by atoms with Gasteiger partial charge in [-0.3, -0.25) is 4.79 Å². The maximum absolute atomic E-state index is 13.2. The molecule has 1 aliphatic heterocycles. The number of amides is 1. The summed E-state index contributed by atoms with van der Waals surface area (Å²) in [6.45, 7) is 8.44. The maximum Gasteiger partial charge on any atom is 0.257 e. The Morgan fingerprint density at radius 3 is 2.48 bits per heavy atom. The number of carbonyl (C=O) groups excluding carboxylic acids is 1. The Labute approximate surface area is 147 Å². The largest absolute Gasteiger partial charge is 0.378 e. The monoisotopic (exact) mass is 345 g/mol. The molecule has 2 aromatic rings. The number of ether oxygens (including phenoxy) is 1. The molecule has 6 heteroatoms. The molecule has 0 spiro atoms. The maximum atomic E-state index is 13.2. The van der Waals surface area contributed by atoms with Gasteiger partial charge in [-0.05, 0) is 43.5 Å². The van der Waals surface area contributed by atoms with Crippen molar-refractivity contribution in [3.63, 3.8) is 0 Å². The summed E-state index contributed by atoms with van der Waals surface area (Å²) >= 11 is 0. The SMILES string of the molecule is Cc1c(C(=O)N2CCOCC2)c(CC(C)C)nn1-c1ccc(F)cc1. The number of rotatable bonds is 4. The zero-order valence-corrected chi connectivity index (χ0v) is 15.0. The first-order valence-corrected chi connectivity index (χ1v) is 8.69. The topological polar surface area (TPSA) is 47.4 Å². The Balaban J connectivity index is 2.02. The number of hydrogen-bond acceptors (Lipinski definition) is 3. The summed E-state index contributed by atoms with van der Waals surface area (Å²) < 4.78 is 20.3. The highest BCUT2D eigenvalue weighted by Crippen LogP contribution is 2.23. The van der Waals surface area contributed by atoms with Crippen molar-refractivity contribution in [3.8, 4) is 5.69 Å². The third kappa shape index (κ3) is 3.74. The van der Waals surface area contributed by atoms with E-state index in [4.69, 9.17) is 4.74 Å². The summed E-state index contributed by atoms with van der Waals surface area (Å²) in [6.07, 6.45) is 0.723. The fourth-order valence-corrected chi connectivity index (χ4v) is 3.13. The summed E-state index contributed by atoms with van der Waals surface area (Å²) in [6, 6.07) is 6.17. The van der Waals surface area contributed by atoms with Crippen molar-refractivity contribution >= 4 is 5.91 Å². The Morgan fingerprint density at radius 2 is 1.88 bits per heavy atom. The van der Waals surface area contributed by atoms with Crippen molar-refractivity contribution in [2.75, 3.05) is 26.3 Å². The second-order valence-electron chi connectivity index (χ2n) is 6.80. The van der Waals surface area contributed by atoms with Crippen LogP contribution in [0.1, 0.15) is 35.6 Å². The van der Waals surface area contributed by atoms with Gasteiger partial charge in [0.2, 0.25) is 0 Å². The normalized spacial score (nSPS) is 15.0. The van der Waals surface area contributed by atoms with Crippen molar-refractivity contribution in [2.45, 2.75) is 27.2 Å². The lowest BCUT2D eigenvalue weighted by Crippen LogP contribution is -2.41. The molecular formula is C19H24FN3O2. The molecule has 5 nitrogen and oxygen atoms in total. The van der Waals surface area contributed by atoms with Gasteiger partial charge in [0.25, 0.3) is 5.91 Å². The highest BCUT2D eigenvalue weighted by Gasteiger charge is 2.27. The van der Waals surface area contributed by atoms with E-state index in [0.717, 1.165) is 23.5 Å². The molecule has 0 N–H and O–H groups in total. The highest BCUT2D eigenvalue weighted by molar-refractivity contribution is 5.96. The quantitative estimate of drug-likeness (QED) is 0.856. The van der Waals surface area contributed by atoms with Gasteiger partial charge in [-0.15, -0.1) is 0 Å². The van der Waals surface area contributed by atoms with Gasteiger partial charge in [0.15, 0.2) is 0 Å². The molecule has 0 saturated carbocycles. The third-order valence-corrected chi connectivity index (χ3v) is 4.37. The van der Waals surface area contributed by atoms with E-state index in [9.17, 15) is 9.18 Å². The van der Waals surface area contributed by atoms with Gasteiger partial charge in [-0.1, -0.05) is 13.8 Å². The van der Waals surface area contributed by atoms with E-state index in [1.165, 1.54) is 12.1 Å². The van der Waals surface area contributed by atoms with Gasteiger partial charge in [-0.25, -0.2) is 9.07 Å². The minimum atomic E-state index is -0.291. The van der Waals surface area contributed by atoms with Crippen LogP contribution in [0.25, 0.3) is 5.69 Å². The van der Waals surface area contributed by atoms with E-state index in [-0.39, 0.29) is 11.7 Å². The van der Waals surface area contributed by atoms with Crippen LogP contribution in [-0.4, -0.2) is 46.9 Å². The Hall–Kier alpha value is -2.21. The molecule has 25 heavy (non-hydrogen) atoms. The number of carbonyl (C=O) groups is 1. The Morgan fingerprint density at radius 1 is 1.24 bits per heavy atom. The first kappa shape index (κ1) is 17.6. The average Bonchev–Trinajstić information content (AvgIpc) is 2.91.